The van der Waals surface area contributed by atoms with Crippen LogP contribution in [0.3, 0.4) is 0 Å². The highest BCUT2D eigenvalue weighted by atomic mass is 16.6. The largest absolute Gasteiger partial charge is 0.463 e. The topological polar surface area (TPSA) is 119 Å². The number of carbonyl (C=O) groups is 1. The molecule has 258 valence electrons. The van der Waals surface area contributed by atoms with Gasteiger partial charge in [-0.15, -0.1) is 0 Å². The van der Waals surface area contributed by atoms with Gasteiger partial charge in [-0.05, 0) is 20.3 Å². The maximum Gasteiger partial charge on any atom is 0.305 e. The second kappa shape index (κ2) is 37.3. The molecule has 0 unspecified atom stereocenters. The maximum absolute atomic E-state index is 11.6. The maximum atomic E-state index is 11.6. The fraction of sp³-hybridized carbons (Fsp3) is 0.968. The van der Waals surface area contributed by atoms with E-state index in [1.54, 1.807) is 0 Å². The van der Waals surface area contributed by atoms with Crippen molar-refractivity contribution in [3.8, 4) is 0 Å². The summed E-state index contributed by atoms with van der Waals surface area (Å²) in [7, 11) is 0. The molecule has 12 nitrogen and oxygen atoms in total. The minimum Gasteiger partial charge on any atom is -0.463 e. The minimum atomic E-state index is -0.145. The van der Waals surface area contributed by atoms with E-state index in [4.69, 9.17) is 52.1 Å². The average molecular weight is 627 g/mol. The lowest BCUT2D eigenvalue weighted by molar-refractivity contribution is -0.145. The molecular weight excluding hydrogens is 564 g/mol. The number of unbranched alkanes of at least 4 members (excludes halogenated alkanes) is 4. The summed E-state index contributed by atoms with van der Waals surface area (Å²) in [4.78, 5) is 11.6. The normalized spacial score (nSPS) is 11.5. The Hall–Kier alpha value is -0.930. The molecule has 0 amide bonds. The molecular formula is C31H62O12. The van der Waals surface area contributed by atoms with Crippen LogP contribution >= 0.6 is 0 Å². The van der Waals surface area contributed by atoms with Crippen molar-refractivity contribution in [2.24, 2.45) is 0 Å². The van der Waals surface area contributed by atoms with Crippen molar-refractivity contribution >= 4 is 5.97 Å². The third-order valence-electron chi connectivity index (χ3n) is 5.63. The van der Waals surface area contributed by atoms with Gasteiger partial charge in [-0.1, -0.05) is 32.6 Å². The summed E-state index contributed by atoms with van der Waals surface area (Å²) in [6.07, 6.45) is 6.32. The lowest BCUT2D eigenvalue weighted by Crippen LogP contribution is -2.15. The van der Waals surface area contributed by atoms with Crippen molar-refractivity contribution in [2.75, 3.05) is 132 Å². The van der Waals surface area contributed by atoms with E-state index in [2.05, 4.69) is 6.92 Å². The standard InChI is InChI=1S/C31H62O12/c1-4-5-6-7-8-9-31(32)43-29-27-41-25-23-39-21-19-37-17-15-35-13-11-33-10-12-34-14-16-36-18-20-38-22-24-40-26-28-42-30(2)3/h30H,4-29H2,1-3H3. The third-order valence-corrected chi connectivity index (χ3v) is 5.63. The van der Waals surface area contributed by atoms with E-state index < -0.39 is 0 Å². The molecule has 43 heavy (non-hydrogen) atoms. The molecule has 12 heteroatoms. The van der Waals surface area contributed by atoms with Gasteiger partial charge in [0.25, 0.3) is 0 Å². The van der Waals surface area contributed by atoms with Crippen LogP contribution in [0.4, 0.5) is 0 Å². The Balaban J connectivity index is 3.09. The number of carbonyl (C=O) groups excluding carboxylic acids is 1. The quantitative estimate of drug-likeness (QED) is 0.0742. The summed E-state index contributed by atoms with van der Waals surface area (Å²) in [5, 5.41) is 0. The zero-order chi connectivity index (χ0) is 31.3. The monoisotopic (exact) mass is 626 g/mol. The zero-order valence-electron chi connectivity index (χ0n) is 27.4. The zero-order valence-corrected chi connectivity index (χ0v) is 27.4. The summed E-state index contributed by atoms with van der Waals surface area (Å²) >= 11 is 0. The predicted octanol–water partition coefficient (Wildman–Crippen LogP) is 3.46. The molecule has 0 aromatic rings. The molecule has 0 rings (SSSR count). The smallest absolute Gasteiger partial charge is 0.305 e. The van der Waals surface area contributed by atoms with Crippen molar-refractivity contribution < 1.29 is 56.9 Å². The Morgan fingerprint density at radius 1 is 0.419 bits per heavy atom. The number of ether oxygens (including phenoxy) is 11. The molecule has 0 saturated carbocycles. The SMILES string of the molecule is CCCCCCCC(=O)OCCOCCOCCOCCOCCOCCOCCOCCOCCOCCOC(C)C. The van der Waals surface area contributed by atoms with E-state index >= 15 is 0 Å². The van der Waals surface area contributed by atoms with E-state index in [1.165, 1.54) is 19.3 Å². The van der Waals surface area contributed by atoms with E-state index in [1.807, 2.05) is 13.8 Å². The molecule has 0 aromatic heterocycles. The van der Waals surface area contributed by atoms with Crippen LogP contribution in [0.25, 0.3) is 0 Å². The highest BCUT2D eigenvalue weighted by Crippen LogP contribution is 2.05. The van der Waals surface area contributed by atoms with Crippen molar-refractivity contribution in [3.63, 3.8) is 0 Å². The van der Waals surface area contributed by atoms with Gasteiger partial charge in [-0.25, -0.2) is 0 Å². The number of hydrogen-bond donors (Lipinski definition) is 0. The molecule has 0 spiro atoms. The van der Waals surface area contributed by atoms with Crippen LogP contribution in [0.15, 0.2) is 0 Å². The predicted molar refractivity (Wildman–Crippen MR) is 163 cm³/mol. The van der Waals surface area contributed by atoms with Crippen LogP contribution in [-0.4, -0.2) is 144 Å². The highest BCUT2D eigenvalue weighted by Gasteiger charge is 2.02. The van der Waals surface area contributed by atoms with Gasteiger partial charge in [0.1, 0.15) is 6.61 Å². The average Bonchev–Trinajstić information content (AvgIpc) is 2.99. The van der Waals surface area contributed by atoms with Gasteiger partial charge in [0, 0.05) is 6.42 Å². The van der Waals surface area contributed by atoms with E-state index in [-0.39, 0.29) is 18.7 Å². The summed E-state index contributed by atoms with van der Waals surface area (Å²) in [5.41, 5.74) is 0. The molecule has 0 bridgehead atoms. The van der Waals surface area contributed by atoms with Crippen LogP contribution in [0.2, 0.25) is 0 Å². The van der Waals surface area contributed by atoms with Crippen LogP contribution < -0.4 is 0 Å². The van der Waals surface area contributed by atoms with Crippen molar-refractivity contribution in [1.29, 1.82) is 0 Å². The number of hydrogen-bond acceptors (Lipinski definition) is 12. The first kappa shape index (κ1) is 42.1. The van der Waals surface area contributed by atoms with Crippen LogP contribution in [-0.2, 0) is 56.9 Å². The summed E-state index contributed by atoms with van der Waals surface area (Å²) < 4.78 is 59.6. The lowest BCUT2D eigenvalue weighted by Gasteiger charge is -2.09. The van der Waals surface area contributed by atoms with Gasteiger partial charge in [0.05, 0.1) is 132 Å². The molecule has 0 aromatic carbocycles. The first-order valence-electron chi connectivity index (χ1n) is 16.1. The summed E-state index contributed by atoms with van der Waals surface area (Å²) in [6.45, 7) is 16.2. The minimum absolute atomic E-state index is 0.145. The van der Waals surface area contributed by atoms with Gasteiger partial charge in [-0.2, -0.15) is 0 Å². The Morgan fingerprint density at radius 3 is 1.05 bits per heavy atom. The van der Waals surface area contributed by atoms with Gasteiger partial charge >= 0.3 is 5.97 Å². The molecule has 0 fully saturated rings. The molecule has 0 aliphatic rings. The highest BCUT2D eigenvalue weighted by molar-refractivity contribution is 5.69. The lowest BCUT2D eigenvalue weighted by atomic mass is 10.1. The van der Waals surface area contributed by atoms with Crippen LogP contribution in [0, 0.1) is 0 Å². The van der Waals surface area contributed by atoms with Crippen molar-refractivity contribution in [3.05, 3.63) is 0 Å². The second-order valence-electron chi connectivity index (χ2n) is 9.82. The van der Waals surface area contributed by atoms with Crippen LogP contribution in [0.1, 0.15) is 59.3 Å². The first-order chi connectivity index (χ1) is 21.2. The second-order valence-corrected chi connectivity index (χ2v) is 9.82. The Kier molecular flexibility index (Phi) is 36.5. The van der Waals surface area contributed by atoms with Gasteiger partial charge in [0.2, 0.25) is 0 Å². The molecule has 0 radical (unpaired) electrons. The summed E-state index contributed by atoms with van der Waals surface area (Å²) in [6, 6.07) is 0. The summed E-state index contributed by atoms with van der Waals surface area (Å²) in [5.74, 6) is -0.145. The number of esters is 1. The van der Waals surface area contributed by atoms with Crippen molar-refractivity contribution in [2.45, 2.75) is 65.4 Å². The molecule has 0 atom stereocenters. The van der Waals surface area contributed by atoms with Gasteiger partial charge < -0.3 is 52.1 Å². The van der Waals surface area contributed by atoms with E-state index in [0.717, 1.165) is 12.8 Å². The molecule has 0 saturated heterocycles. The molecule has 0 aliphatic carbocycles. The van der Waals surface area contributed by atoms with Gasteiger partial charge in [0.15, 0.2) is 0 Å². The Labute approximate surface area is 260 Å². The van der Waals surface area contributed by atoms with E-state index in [0.29, 0.717) is 132 Å². The van der Waals surface area contributed by atoms with Gasteiger partial charge in [-0.3, -0.25) is 4.79 Å². The van der Waals surface area contributed by atoms with E-state index in [9.17, 15) is 4.79 Å². The fourth-order valence-electron chi connectivity index (χ4n) is 3.36. The molecule has 0 N–H and O–H groups in total. The Bertz CT molecular complexity index is 539. The Morgan fingerprint density at radius 2 is 0.721 bits per heavy atom. The first-order valence-corrected chi connectivity index (χ1v) is 16.1. The number of rotatable bonds is 37. The fourth-order valence-corrected chi connectivity index (χ4v) is 3.36. The van der Waals surface area contributed by atoms with Crippen LogP contribution in [0.5, 0.6) is 0 Å². The molecule has 0 aliphatic heterocycles. The molecule has 0 heterocycles. The third kappa shape index (κ3) is 39.0. The van der Waals surface area contributed by atoms with Crippen molar-refractivity contribution in [1.82, 2.24) is 0 Å².